The SMILES string of the molecule is COc1cc(OC)c2c(=O)c3c(OC)cccc3oc2c1. The van der Waals surface area contributed by atoms with E-state index in [-0.39, 0.29) is 5.43 Å². The molecule has 0 radical (unpaired) electrons. The number of hydrogen-bond donors (Lipinski definition) is 0. The number of benzene rings is 2. The third-order valence-corrected chi connectivity index (χ3v) is 3.38. The van der Waals surface area contributed by atoms with E-state index >= 15 is 0 Å². The zero-order valence-corrected chi connectivity index (χ0v) is 11.9. The van der Waals surface area contributed by atoms with Gasteiger partial charge in [0.25, 0.3) is 0 Å². The van der Waals surface area contributed by atoms with Gasteiger partial charge in [-0.25, -0.2) is 0 Å². The van der Waals surface area contributed by atoms with Crippen molar-refractivity contribution in [1.29, 1.82) is 0 Å². The van der Waals surface area contributed by atoms with Gasteiger partial charge in [0.1, 0.15) is 39.2 Å². The van der Waals surface area contributed by atoms with Gasteiger partial charge in [0, 0.05) is 12.1 Å². The average molecular weight is 286 g/mol. The number of ether oxygens (including phenoxy) is 3. The Morgan fingerprint density at radius 1 is 0.857 bits per heavy atom. The van der Waals surface area contributed by atoms with E-state index in [1.807, 2.05) is 0 Å². The van der Waals surface area contributed by atoms with Crippen LogP contribution in [0.2, 0.25) is 0 Å². The highest BCUT2D eigenvalue weighted by molar-refractivity contribution is 5.96. The van der Waals surface area contributed by atoms with E-state index in [4.69, 9.17) is 18.6 Å². The molecule has 1 heterocycles. The van der Waals surface area contributed by atoms with Crippen molar-refractivity contribution in [3.8, 4) is 17.2 Å². The highest BCUT2D eigenvalue weighted by Crippen LogP contribution is 2.33. The van der Waals surface area contributed by atoms with Crippen LogP contribution in [0.25, 0.3) is 21.9 Å². The highest BCUT2D eigenvalue weighted by Gasteiger charge is 2.16. The van der Waals surface area contributed by atoms with Crippen molar-refractivity contribution in [2.24, 2.45) is 0 Å². The molecule has 0 aliphatic carbocycles. The predicted octanol–water partition coefficient (Wildman–Crippen LogP) is 2.97. The van der Waals surface area contributed by atoms with Crippen molar-refractivity contribution in [3.63, 3.8) is 0 Å². The lowest BCUT2D eigenvalue weighted by Gasteiger charge is -2.10. The van der Waals surface area contributed by atoms with Gasteiger partial charge in [0.2, 0.25) is 5.43 Å². The summed E-state index contributed by atoms with van der Waals surface area (Å²) < 4.78 is 21.6. The molecule has 0 amide bonds. The number of rotatable bonds is 3. The lowest BCUT2D eigenvalue weighted by atomic mass is 10.1. The summed E-state index contributed by atoms with van der Waals surface area (Å²) >= 11 is 0. The van der Waals surface area contributed by atoms with Crippen molar-refractivity contribution in [2.45, 2.75) is 0 Å². The highest BCUT2D eigenvalue weighted by atomic mass is 16.5. The summed E-state index contributed by atoms with van der Waals surface area (Å²) in [7, 11) is 4.56. The van der Waals surface area contributed by atoms with E-state index in [0.29, 0.717) is 39.2 Å². The van der Waals surface area contributed by atoms with Crippen molar-refractivity contribution in [2.75, 3.05) is 21.3 Å². The van der Waals surface area contributed by atoms with Crippen LogP contribution in [-0.4, -0.2) is 21.3 Å². The van der Waals surface area contributed by atoms with Gasteiger partial charge in [-0.05, 0) is 12.1 Å². The molecule has 2 aromatic carbocycles. The Kier molecular flexibility index (Phi) is 3.17. The first-order valence-electron chi connectivity index (χ1n) is 6.35. The van der Waals surface area contributed by atoms with Gasteiger partial charge in [-0.15, -0.1) is 0 Å². The second kappa shape index (κ2) is 5.01. The van der Waals surface area contributed by atoms with Crippen LogP contribution in [0.15, 0.2) is 39.5 Å². The van der Waals surface area contributed by atoms with Crippen LogP contribution >= 0.6 is 0 Å². The van der Waals surface area contributed by atoms with Crippen LogP contribution in [0, 0.1) is 0 Å². The first kappa shape index (κ1) is 13.3. The second-order valence-corrected chi connectivity index (χ2v) is 4.47. The van der Waals surface area contributed by atoms with Crippen molar-refractivity contribution in [3.05, 3.63) is 40.6 Å². The van der Waals surface area contributed by atoms with Crippen LogP contribution in [0.1, 0.15) is 0 Å². The standard InChI is InChI=1S/C16H14O5/c1-18-9-7-12(20-3)15-13(8-9)21-11-6-4-5-10(19-2)14(11)16(15)17/h4-8H,1-3H3. The Hall–Kier alpha value is -2.69. The lowest BCUT2D eigenvalue weighted by molar-refractivity contribution is 0.396. The molecule has 1 aromatic heterocycles. The fourth-order valence-electron chi connectivity index (χ4n) is 2.38. The quantitative estimate of drug-likeness (QED) is 0.693. The molecule has 0 atom stereocenters. The maximum Gasteiger partial charge on any atom is 0.208 e. The van der Waals surface area contributed by atoms with Crippen LogP contribution in [0.3, 0.4) is 0 Å². The summed E-state index contributed by atoms with van der Waals surface area (Å²) in [5, 5.41) is 0.770. The maximum atomic E-state index is 12.8. The molecule has 0 saturated heterocycles. The summed E-state index contributed by atoms with van der Waals surface area (Å²) in [4.78, 5) is 12.8. The molecule has 0 N–H and O–H groups in total. The van der Waals surface area contributed by atoms with Crippen molar-refractivity contribution >= 4 is 21.9 Å². The smallest absolute Gasteiger partial charge is 0.208 e. The Morgan fingerprint density at radius 3 is 2.24 bits per heavy atom. The predicted molar refractivity (Wildman–Crippen MR) is 79.6 cm³/mol. The molecule has 0 bridgehead atoms. The summed E-state index contributed by atoms with van der Waals surface area (Å²) in [6.45, 7) is 0. The van der Waals surface area contributed by atoms with Crippen LogP contribution < -0.4 is 19.6 Å². The van der Waals surface area contributed by atoms with E-state index in [1.54, 1.807) is 37.4 Å². The first-order valence-corrected chi connectivity index (χ1v) is 6.35. The Morgan fingerprint density at radius 2 is 1.57 bits per heavy atom. The zero-order chi connectivity index (χ0) is 15.0. The molecule has 3 aromatic rings. The van der Waals surface area contributed by atoms with Gasteiger partial charge < -0.3 is 18.6 Å². The second-order valence-electron chi connectivity index (χ2n) is 4.47. The lowest BCUT2D eigenvalue weighted by Crippen LogP contribution is -2.06. The average Bonchev–Trinajstić information content (AvgIpc) is 2.52. The third kappa shape index (κ3) is 1.98. The maximum absolute atomic E-state index is 12.8. The van der Waals surface area contributed by atoms with Gasteiger partial charge in [-0.3, -0.25) is 4.79 Å². The number of methoxy groups -OCH3 is 3. The summed E-state index contributed by atoms with van der Waals surface area (Å²) in [5.41, 5.74) is 0.683. The Labute approximate surface area is 120 Å². The minimum Gasteiger partial charge on any atom is -0.496 e. The fraction of sp³-hybridized carbons (Fsp3) is 0.188. The monoisotopic (exact) mass is 286 g/mol. The van der Waals surface area contributed by atoms with Crippen molar-refractivity contribution in [1.82, 2.24) is 0 Å². The van der Waals surface area contributed by atoms with Gasteiger partial charge in [0.15, 0.2) is 0 Å². The molecule has 0 spiro atoms. The molecule has 0 aliphatic heterocycles. The summed E-state index contributed by atoms with van der Waals surface area (Å²) in [6.07, 6.45) is 0. The Bertz CT molecular complexity index is 879. The molecular formula is C16H14O5. The van der Waals surface area contributed by atoms with Gasteiger partial charge in [-0.2, -0.15) is 0 Å². The molecule has 0 aliphatic rings. The molecule has 5 nitrogen and oxygen atoms in total. The molecule has 0 saturated carbocycles. The van der Waals surface area contributed by atoms with E-state index < -0.39 is 0 Å². The molecular weight excluding hydrogens is 272 g/mol. The van der Waals surface area contributed by atoms with Crippen LogP contribution in [0.5, 0.6) is 17.2 Å². The summed E-state index contributed by atoms with van der Waals surface area (Å²) in [5.74, 6) is 1.44. The number of fused-ring (bicyclic) bond motifs is 2. The molecule has 0 unspecified atom stereocenters. The first-order chi connectivity index (χ1) is 10.2. The van der Waals surface area contributed by atoms with E-state index in [9.17, 15) is 4.79 Å². The van der Waals surface area contributed by atoms with Gasteiger partial charge in [-0.1, -0.05) is 6.07 Å². The minimum absolute atomic E-state index is 0.191. The van der Waals surface area contributed by atoms with Crippen LogP contribution in [-0.2, 0) is 0 Å². The van der Waals surface area contributed by atoms with Gasteiger partial charge >= 0.3 is 0 Å². The fourth-order valence-corrected chi connectivity index (χ4v) is 2.38. The van der Waals surface area contributed by atoms with Crippen LogP contribution in [0.4, 0.5) is 0 Å². The largest absolute Gasteiger partial charge is 0.496 e. The van der Waals surface area contributed by atoms with E-state index in [1.165, 1.54) is 14.2 Å². The van der Waals surface area contributed by atoms with Crippen molar-refractivity contribution < 1.29 is 18.6 Å². The molecule has 21 heavy (non-hydrogen) atoms. The molecule has 5 heteroatoms. The minimum atomic E-state index is -0.191. The molecule has 3 rings (SSSR count). The third-order valence-electron chi connectivity index (χ3n) is 3.38. The van der Waals surface area contributed by atoms with E-state index in [0.717, 1.165) is 0 Å². The normalized spacial score (nSPS) is 10.8. The van der Waals surface area contributed by atoms with E-state index in [2.05, 4.69) is 0 Å². The molecule has 0 fully saturated rings. The summed E-state index contributed by atoms with van der Waals surface area (Å²) in [6, 6.07) is 8.54. The Balaban J connectivity index is 2.54. The van der Waals surface area contributed by atoms with Gasteiger partial charge in [0.05, 0.1) is 21.3 Å². The number of hydrogen-bond acceptors (Lipinski definition) is 5. The zero-order valence-electron chi connectivity index (χ0n) is 11.9. The molecule has 108 valence electrons. The topological polar surface area (TPSA) is 57.9 Å².